The number of rotatable bonds is 6. The monoisotopic (exact) mass is 541 g/mol. The lowest BCUT2D eigenvalue weighted by atomic mass is 9.73. The molecular formula is C24H29Cl2N3O5S. The Morgan fingerprint density at radius 1 is 1.17 bits per heavy atom. The van der Waals surface area contributed by atoms with Crippen molar-refractivity contribution in [2.45, 2.75) is 32.6 Å². The third-order valence-electron chi connectivity index (χ3n) is 6.77. The second-order valence-electron chi connectivity index (χ2n) is 9.59. The van der Waals surface area contributed by atoms with E-state index in [1.54, 1.807) is 24.1 Å². The van der Waals surface area contributed by atoms with Gasteiger partial charge in [-0.25, -0.2) is 17.7 Å². The summed E-state index contributed by atoms with van der Waals surface area (Å²) < 4.78 is 36.3. The van der Waals surface area contributed by atoms with Gasteiger partial charge in [0, 0.05) is 37.2 Å². The molecule has 0 radical (unpaired) electrons. The highest BCUT2D eigenvalue weighted by Gasteiger charge is 2.48. The molecule has 0 bridgehead atoms. The smallest absolute Gasteiger partial charge is 0.255 e. The van der Waals surface area contributed by atoms with Crippen LogP contribution in [-0.2, 0) is 10.0 Å². The normalized spacial score (nSPS) is 18.0. The molecule has 0 atom stereocenters. The van der Waals surface area contributed by atoms with Gasteiger partial charge in [-0.05, 0) is 37.0 Å². The summed E-state index contributed by atoms with van der Waals surface area (Å²) in [5, 5.41) is 0.415. The number of nitrogens with zero attached hydrogens (tertiary/aromatic N) is 3. The maximum Gasteiger partial charge on any atom is 0.255 e. The van der Waals surface area contributed by atoms with E-state index >= 15 is 0 Å². The molecule has 11 heteroatoms. The van der Waals surface area contributed by atoms with Crippen LogP contribution in [0.1, 0.15) is 48.5 Å². The summed E-state index contributed by atoms with van der Waals surface area (Å²) in [5.74, 6) is 1.09. The summed E-state index contributed by atoms with van der Waals surface area (Å²) >= 11 is 13.0. The number of ether oxygens (including phenoxy) is 2. The second kappa shape index (κ2) is 9.76. The van der Waals surface area contributed by atoms with E-state index in [4.69, 9.17) is 32.7 Å². The maximum absolute atomic E-state index is 13.3. The van der Waals surface area contributed by atoms with Gasteiger partial charge < -0.3 is 14.4 Å². The molecule has 1 spiro atoms. The number of methoxy groups -OCH3 is 1. The van der Waals surface area contributed by atoms with Gasteiger partial charge in [-0.1, -0.05) is 37.0 Å². The Hall–Kier alpha value is -2.07. The van der Waals surface area contributed by atoms with Crippen molar-refractivity contribution in [3.05, 3.63) is 45.6 Å². The first-order chi connectivity index (χ1) is 16.4. The third kappa shape index (κ3) is 5.23. The van der Waals surface area contributed by atoms with Crippen molar-refractivity contribution in [1.29, 1.82) is 0 Å². The summed E-state index contributed by atoms with van der Waals surface area (Å²) in [6.45, 7) is 6.14. The topological polar surface area (TPSA) is 89.0 Å². The van der Waals surface area contributed by atoms with Crippen LogP contribution in [-0.4, -0.2) is 68.1 Å². The van der Waals surface area contributed by atoms with Gasteiger partial charge in [0.15, 0.2) is 5.75 Å². The van der Waals surface area contributed by atoms with Crippen LogP contribution in [0.25, 0.3) is 0 Å². The molecule has 2 fully saturated rings. The Balaban J connectivity index is 1.50. The van der Waals surface area contributed by atoms with Crippen LogP contribution in [0.2, 0.25) is 10.0 Å². The Bertz CT molecular complexity index is 1240. The van der Waals surface area contributed by atoms with E-state index in [0.717, 1.165) is 18.4 Å². The highest BCUT2D eigenvalue weighted by molar-refractivity contribution is 7.88. The van der Waals surface area contributed by atoms with Gasteiger partial charge in [-0.2, -0.15) is 0 Å². The quantitative estimate of drug-likeness (QED) is 0.521. The fourth-order valence-corrected chi connectivity index (χ4v) is 6.15. The molecule has 35 heavy (non-hydrogen) atoms. The van der Waals surface area contributed by atoms with Crippen molar-refractivity contribution < 1.29 is 22.7 Å². The Morgan fingerprint density at radius 2 is 1.83 bits per heavy atom. The van der Waals surface area contributed by atoms with E-state index in [1.165, 1.54) is 16.8 Å². The van der Waals surface area contributed by atoms with E-state index in [0.29, 0.717) is 43.4 Å². The number of pyridine rings is 1. The molecule has 1 aromatic carbocycles. The molecular weight excluding hydrogens is 513 g/mol. The average molecular weight is 542 g/mol. The van der Waals surface area contributed by atoms with Crippen LogP contribution >= 0.6 is 23.2 Å². The lowest BCUT2D eigenvalue weighted by Gasteiger charge is -2.52. The van der Waals surface area contributed by atoms with Crippen molar-refractivity contribution in [3.8, 4) is 17.4 Å². The predicted molar refractivity (Wildman–Crippen MR) is 135 cm³/mol. The number of halogens is 2. The van der Waals surface area contributed by atoms with Gasteiger partial charge in [0.2, 0.25) is 15.9 Å². The first-order valence-corrected chi connectivity index (χ1v) is 14.0. The number of amides is 1. The minimum Gasteiger partial charge on any atom is -0.481 e. The molecule has 2 aliphatic heterocycles. The van der Waals surface area contributed by atoms with Crippen LogP contribution in [0.15, 0.2) is 24.4 Å². The summed E-state index contributed by atoms with van der Waals surface area (Å²) in [7, 11) is -1.61. The molecule has 2 saturated heterocycles. The minimum atomic E-state index is -3.17. The van der Waals surface area contributed by atoms with Crippen LogP contribution in [0.3, 0.4) is 0 Å². The van der Waals surface area contributed by atoms with Gasteiger partial charge in [-0.3, -0.25) is 4.79 Å². The van der Waals surface area contributed by atoms with E-state index in [2.05, 4.69) is 4.98 Å². The number of piperidine rings is 1. The van der Waals surface area contributed by atoms with Gasteiger partial charge in [0.25, 0.3) is 5.91 Å². The molecule has 0 unspecified atom stereocenters. The number of benzene rings is 1. The molecule has 0 aliphatic carbocycles. The van der Waals surface area contributed by atoms with E-state index in [9.17, 15) is 13.2 Å². The SMILES string of the molecule is COc1ncc(Oc2c(Cl)ccc(C(=O)N3CCC4(CC3)CN(S(C)(=O)=O)C4)c2Cl)cc1C(C)C. The van der Waals surface area contributed by atoms with Gasteiger partial charge in [-0.15, -0.1) is 0 Å². The maximum atomic E-state index is 13.3. The molecule has 1 amide bonds. The number of carbonyl (C=O) groups is 1. The summed E-state index contributed by atoms with van der Waals surface area (Å²) in [4.78, 5) is 19.4. The van der Waals surface area contributed by atoms with Crippen molar-refractivity contribution in [2.75, 3.05) is 39.5 Å². The minimum absolute atomic E-state index is 0.0482. The van der Waals surface area contributed by atoms with Gasteiger partial charge >= 0.3 is 0 Å². The molecule has 0 saturated carbocycles. The molecule has 4 rings (SSSR count). The van der Waals surface area contributed by atoms with Crippen molar-refractivity contribution in [2.24, 2.45) is 5.41 Å². The van der Waals surface area contributed by atoms with Crippen LogP contribution in [0.4, 0.5) is 0 Å². The summed E-state index contributed by atoms with van der Waals surface area (Å²) in [5.41, 5.74) is 1.13. The fourth-order valence-electron chi connectivity index (χ4n) is 4.61. The zero-order valence-corrected chi connectivity index (χ0v) is 22.5. The number of likely N-dealkylation sites (tertiary alicyclic amines) is 1. The number of sulfonamides is 1. The largest absolute Gasteiger partial charge is 0.481 e. The highest BCUT2D eigenvalue weighted by Crippen LogP contribution is 2.43. The van der Waals surface area contributed by atoms with Crippen molar-refractivity contribution >= 4 is 39.1 Å². The zero-order valence-electron chi connectivity index (χ0n) is 20.2. The fraction of sp³-hybridized carbons (Fsp3) is 0.500. The van der Waals surface area contributed by atoms with Gasteiger partial charge in [0.1, 0.15) is 5.75 Å². The molecule has 2 aromatic rings. The van der Waals surface area contributed by atoms with Crippen LogP contribution < -0.4 is 9.47 Å². The number of hydrogen-bond donors (Lipinski definition) is 0. The lowest BCUT2D eigenvalue weighted by Crippen LogP contribution is -2.61. The number of carbonyl (C=O) groups excluding carboxylic acids is 1. The zero-order chi connectivity index (χ0) is 25.5. The van der Waals surface area contributed by atoms with Crippen molar-refractivity contribution in [3.63, 3.8) is 0 Å². The van der Waals surface area contributed by atoms with Crippen LogP contribution in [0.5, 0.6) is 17.4 Å². The van der Waals surface area contributed by atoms with Gasteiger partial charge in [0.05, 0.1) is 35.2 Å². The Kier molecular flexibility index (Phi) is 7.26. The predicted octanol–water partition coefficient (Wildman–Crippen LogP) is 4.81. The van der Waals surface area contributed by atoms with E-state index < -0.39 is 10.0 Å². The van der Waals surface area contributed by atoms with Crippen molar-refractivity contribution in [1.82, 2.24) is 14.2 Å². The third-order valence-corrected chi connectivity index (χ3v) is 8.64. The standard InChI is InChI=1S/C24H29Cl2N3O5S/c1-15(2)18-11-16(12-27-22(18)33-3)34-21-19(25)6-5-17(20(21)26)23(30)28-9-7-24(8-10-28)13-29(14-24)35(4,31)32/h5-6,11-12,15H,7-10,13-14H2,1-4H3. The Labute approximate surface area is 216 Å². The molecule has 190 valence electrons. The highest BCUT2D eigenvalue weighted by atomic mass is 35.5. The average Bonchev–Trinajstić information content (AvgIpc) is 2.79. The number of aromatic nitrogens is 1. The first kappa shape index (κ1) is 26.0. The Morgan fingerprint density at radius 3 is 2.40 bits per heavy atom. The summed E-state index contributed by atoms with van der Waals surface area (Å²) in [6, 6.07) is 5.02. The second-order valence-corrected chi connectivity index (χ2v) is 12.4. The number of hydrogen-bond acceptors (Lipinski definition) is 6. The van der Waals surface area contributed by atoms with E-state index in [1.807, 2.05) is 19.9 Å². The first-order valence-electron chi connectivity index (χ1n) is 11.4. The van der Waals surface area contributed by atoms with E-state index in [-0.39, 0.29) is 33.0 Å². The van der Waals surface area contributed by atoms with Crippen LogP contribution in [0, 0.1) is 5.41 Å². The molecule has 3 heterocycles. The lowest BCUT2D eigenvalue weighted by molar-refractivity contribution is 0.00332. The molecule has 0 N–H and O–H groups in total. The summed E-state index contributed by atoms with van der Waals surface area (Å²) in [6.07, 6.45) is 4.24. The molecule has 8 nitrogen and oxygen atoms in total. The molecule has 2 aliphatic rings. The molecule has 1 aromatic heterocycles.